The third-order valence-electron chi connectivity index (χ3n) is 2.47. The first-order chi connectivity index (χ1) is 6.72. The van der Waals surface area contributed by atoms with E-state index in [9.17, 15) is 9.18 Å². The van der Waals surface area contributed by atoms with Crippen molar-refractivity contribution in [2.75, 3.05) is 0 Å². The highest BCUT2D eigenvalue weighted by atomic mass is 19.1. The predicted octanol–water partition coefficient (Wildman–Crippen LogP) is 2.22. The molecule has 2 rings (SSSR count). The fraction of sp³-hybridized carbons (Fsp3) is 0.273. The summed E-state index contributed by atoms with van der Waals surface area (Å²) in [5, 5.41) is 8.78. The number of halogens is 1. The molecule has 0 unspecified atom stereocenters. The highest BCUT2D eigenvalue weighted by molar-refractivity contribution is 5.99. The van der Waals surface area contributed by atoms with Crippen LogP contribution in [0.15, 0.2) is 12.1 Å². The van der Waals surface area contributed by atoms with E-state index in [1.807, 2.05) is 6.07 Å². The van der Waals surface area contributed by atoms with Crippen LogP contribution in [0, 0.1) is 17.1 Å². The van der Waals surface area contributed by atoms with Gasteiger partial charge in [0, 0.05) is 12.0 Å². The van der Waals surface area contributed by atoms with Gasteiger partial charge in [-0.3, -0.25) is 4.79 Å². The maximum atomic E-state index is 13.0. The molecule has 0 saturated heterocycles. The fourth-order valence-corrected chi connectivity index (χ4v) is 1.82. The third-order valence-corrected chi connectivity index (χ3v) is 2.47. The molecule has 14 heavy (non-hydrogen) atoms. The van der Waals surface area contributed by atoms with E-state index in [0.29, 0.717) is 29.5 Å². The molecule has 1 aliphatic carbocycles. The topological polar surface area (TPSA) is 40.9 Å². The van der Waals surface area contributed by atoms with Gasteiger partial charge in [-0.15, -0.1) is 0 Å². The number of ketones is 1. The van der Waals surface area contributed by atoms with E-state index in [1.165, 1.54) is 12.1 Å². The summed E-state index contributed by atoms with van der Waals surface area (Å²) >= 11 is 0. The molecule has 0 amide bonds. The first-order valence-corrected chi connectivity index (χ1v) is 4.48. The molecular weight excluding hydrogens is 181 g/mol. The van der Waals surface area contributed by atoms with Crippen LogP contribution < -0.4 is 0 Å². The number of carbonyl (C=O) groups is 1. The highest BCUT2D eigenvalue weighted by Gasteiger charge is 2.20. The first kappa shape index (κ1) is 8.89. The molecule has 0 aromatic heterocycles. The average molecular weight is 189 g/mol. The Morgan fingerprint density at radius 3 is 2.86 bits per heavy atom. The molecule has 1 aromatic carbocycles. The molecule has 0 bridgehead atoms. The van der Waals surface area contributed by atoms with Crippen molar-refractivity contribution in [3.63, 3.8) is 0 Å². The van der Waals surface area contributed by atoms with E-state index in [4.69, 9.17) is 5.26 Å². The molecule has 0 fully saturated rings. The number of rotatable bonds is 0. The summed E-state index contributed by atoms with van der Waals surface area (Å²) in [5.41, 5.74) is 1.41. The molecule has 0 spiro atoms. The molecule has 70 valence electrons. The lowest BCUT2D eigenvalue weighted by atomic mass is 9.87. The van der Waals surface area contributed by atoms with Crippen molar-refractivity contribution in [2.24, 2.45) is 0 Å². The van der Waals surface area contributed by atoms with E-state index in [2.05, 4.69) is 0 Å². The Morgan fingerprint density at radius 1 is 1.36 bits per heavy atom. The molecular formula is C11H8FNO. The van der Waals surface area contributed by atoms with Crippen LogP contribution in [-0.2, 0) is 6.42 Å². The summed E-state index contributed by atoms with van der Waals surface area (Å²) in [6, 6.07) is 4.35. The van der Waals surface area contributed by atoms with E-state index in [1.54, 1.807) is 0 Å². The Bertz CT molecular complexity index is 445. The third kappa shape index (κ3) is 1.29. The molecule has 0 heterocycles. The first-order valence-electron chi connectivity index (χ1n) is 4.48. The summed E-state index contributed by atoms with van der Waals surface area (Å²) in [7, 11) is 0. The number of nitriles is 1. The minimum atomic E-state index is -0.504. The molecule has 0 aliphatic heterocycles. The van der Waals surface area contributed by atoms with Crippen molar-refractivity contribution in [3.05, 3.63) is 34.6 Å². The van der Waals surface area contributed by atoms with E-state index in [-0.39, 0.29) is 5.78 Å². The number of hydrogen-bond donors (Lipinski definition) is 0. The maximum absolute atomic E-state index is 13.0. The van der Waals surface area contributed by atoms with Crippen LogP contribution in [0.25, 0.3) is 0 Å². The Balaban J connectivity index is 2.68. The van der Waals surface area contributed by atoms with E-state index >= 15 is 0 Å². The van der Waals surface area contributed by atoms with Crippen molar-refractivity contribution in [1.82, 2.24) is 0 Å². The normalized spacial score (nSPS) is 14.7. The average Bonchev–Trinajstić information content (AvgIpc) is 2.18. The number of nitrogens with zero attached hydrogens (tertiary/aromatic N) is 1. The van der Waals surface area contributed by atoms with Gasteiger partial charge in [-0.05, 0) is 30.5 Å². The summed E-state index contributed by atoms with van der Waals surface area (Å²) in [5.74, 6) is -0.558. The second-order valence-electron chi connectivity index (χ2n) is 3.37. The number of Topliss-reactive ketones (excluding diaryl/α,β-unsaturated/α-hetero) is 1. The molecule has 1 aromatic rings. The largest absolute Gasteiger partial charge is 0.294 e. The van der Waals surface area contributed by atoms with Crippen LogP contribution in [-0.4, -0.2) is 5.78 Å². The van der Waals surface area contributed by atoms with Gasteiger partial charge in [-0.2, -0.15) is 5.26 Å². The minimum absolute atomic E-state index is 0.0535. The highest BCUT2D eigenvalue weighted by Crippen LogP contribution is 2.25. The Labute approximate surface area is 81.0 Å². The lowest BCUT2D eigenvalue weighted by Gasteiger charge is -2.15. The zero-order chi connectivity index (χ0) is 10.1. The van der Waals surface area contributed by atoms with Gasteiger partial charge in [-0.1, -0.05) is 0 Å². The monoisotopic (exact) mass is 189 g/mol. The quantitative estimate of drug-likeness (QED) is 0.627. The SMILES string of the molecule is N#Cc1cc(F)cc2c1CCCC2=O. The zero-order valence-corrected chi connectivity index (χ0v) is 7.51. The summed E-state index contributed by atoms with van der Waals surface area (Å²) in [6.07, 6.45) is 1.91. The van der Waals surface area contributed by atoms with Gasteiger partial charge >= 0.3 is 0 Å². The maximum Gasteiger partial charge on any atom is 0.163 e. The van der Waals surface area contributed by atoms with Gasteiger partial charge in [0.15, 0.2) is 5.78 Å². The molecule has 0 N–H and O–H groups in total. The molecule has 1 aliphatic rings. The van der Waals surface area contributed by atoms with Crippen LogP contribution in [0.1, 0.15) is 34.3 Å². The van der Waals surface area contributed by atoms with Crippen molar-refractivity contribution < 1.29 is 9.18 Å². The van der Waals surface area contributed by atoms with Gasteiger partial charge in [0.2, 0.25) is 0 Å². The predicted molar refractivity (Wildman–Crippen MR) is 48.4 cm³/mol. The Morgan fingerprint density at radius 2 is 2.14 bits per heavy atom. The second kappa shape index (κ2) is 3.22. The van der Waals surface area contributed by atoms with Gasteiger partial charge in [0.1, 0.15) is 5.82 Å². The summed E-state index contributed by atoms with van der Waals surface area (Å²) in [4.78, 5) is 11.4. The van der Waals surface area contributed by atoms with Crippen LogP contribution in [0.4, 0.5) is 4.39 Å². The number of fused-ring (bicyclic) bond motifs is 1. The summed E-state index contributed by atoms with van der Waals surface area (Å²) < 4.78 is 13.0. The van der Waals surface area contributed by atoms with Crippen molar-refractivity contribution in [1.29, 1.82) is 5.26 Å². The van der Waals surface area contributed by atoms with Gasteiger partial charge < -0.3 is 0 Å². The Kier molecular flexibility index (Phi) is 2.05. The van der Waals surface area contributed by atoms with Crippen LogP contribution in [0.3, 0.4) is 0 Å². The lowest BCUT2D eigenvalue weighted by molar-refractivity contribution is 0.0972. The van der Waals surface area contributed by atoms with Crippen LogP contribution >= 0.6 is 0 Å². The smallest absolute Gasteiger partial charge is 0.163 e. The van der Waals surface area contributed by atoms with Gasteiger partial charge in [-0.25, -0.2) is 4.39 Å². The fourth-order valence-electron chi connectivity index (χ4n) is 1.82. The lowest BCUT2D eigenvalue weighted by Crippen LogP contribution is -2.12. The molecule has 3 heteroatoms. The number of benzene rings is 1. The van der Waals surface area contributed by atoms with Gasteiger partial charge in [0.05, 0.1) is 11.6 Å². The van der Waals surface area contributed by atoms with Crippen LogP contribution in [0.5, 0.6) is 0 Å². The van der Waals surface area contributed by atoms with Gasteiger partial charge in [0.25, 0.3) is 0 Å². The van der Waals surface area contributed by atoms with E-state index in [0.717, 1.165) is 6.42 Å². The zero-order valence-electron chi connectivity index (χ0n) is 7.51. The number of carbonyl (C=O) groups excluding carboxylic acids is 1. The second-order valence-corrected chi connectivity index (χ2v) is 3.37. The molecule has 0 saturated carbocycles. The molecule has 0 radical (unpaired) electrons. The van der Waals surface area contributed by atoms with Crippen LogP contribution in [0.2, 0.25) is 0 Å². The Hall–Kier alpha value is -1.69. The van der Waals surface area contributed by atoms with E-state index < -0.39 is 5.82 Å². The standard InChI is InChI=1S/C11H8FNO/c12-8-4-7(6-13)9-2-1-3-11(14)10(9)5-8/h4-5H,1-3H2. The van der Waals surface area contributed by atoms with Crippen molar-refractivity contribution >= 4 is 5.78 Å². The van der Waals surface area contributed by atoms with Crippen molar-refractivity contribution in [2.45, 2.75) is 19.3 Å². The number of hydrogen-bond acceptors (Lipinski definition) is 2. The summed E-state index contributed by atoms with van der Waals surface area (Å²) in [6.45, 7) is 0. The molecule has 2 nitrogen and oxygen atoms in total. The molecule has 0 atom stereocenters. The minimum Gasteiger partial charge on any atom is -0.294 e. The van der Waals surface area contributed by atoms with Crippen molar-refractivity contribution in [3.8, 4) is 6.07 Å².